The van der Waals surface area contributed by atoms with E-state index in [1.54, 1.807) is 24.0 Å². The molecule has 2 aliphatic heterocycles. The number of benzene rings is 1. The van der Waals surface area contributed by atoms with Crippen molar-refractivity contribution in [3.8, 4) is 0 Å². The summed E-state index contributed by atoms with van der Waals surface area (Å²) in [6.45, 7) is 1.85. The molecule has 1 spiro atoms. The van der Waals surface area contributed by atoms with Gasteiger partial charge in [0.1, 0.15) is 17.8 Å². The van der Waals surface area contributed by atoms with Crippen LogP contribution < -0.4 is 10.6 Å². The number of nitrogens with one attached hydrogen (secondary N) is 2. The lowest BCUT2D eigenvalue weighted by Gasteiger charge is -2.40. The molecule has 5 rings (SSSR count). The Labute approximate surface area is 179 Å². The molecular formula is C21H24N8O2. The van der Waals surface area contributed by atoms with Gasteiger partial charge in [-0.15, -0.1) is 0 Å². The summed E-state index contributed by atoms with van der Waals surface area (Å²) in [6, 6.07) is 10.4. The smallest absolute Gasteiger partial charge is 0.319 e. The van der Waals surface area contributed by atoms with Crippen LogP contribution in [-0.4, -0.2) is 54.5 Å². The fourth-order valence-corrected chi connectivity index (χ4v) is 4.65. The Bertz CT molecular complexity index is 1110. The molecular weight excluding hydrogens is 396 g/mol. The van der Waals surface area contributed by atoms with Gasteiger partial charge in [0.05, 0.1) is 6.04 Å². The van der Waals surface area contributed by atoms with Crippen molar-refractivity contribution >= 4 is 17.6 Å². The Morgan fingerprint density at radius 2 is 1.94 bits per heavy atom. The van der Waals surface area contributed by atoms with Crippen LogP contribution in [0.2, 0.25) is 0 Å². The van der Waals surface area contributed by atoms with Gasteiger partial charge in [0.25, 0.3) is 5.91 Å². The lowest BCUT2D eigenvalue weighted by Crippen LogP contribution is -2.49. The Kier molecular flexibility index (Phi) is 4.68. The zero-order chi connectivity index (χ0) is 21.4. The summed E-state index contributed by atoms with van der Waals surface area (Å²) in [4.78, 5) is 32.1. The Morgan fingerprint density at radius 3 is 2.71 bits per heavy atom. The van der Waals surface area contributed by atoms with Gasteiger partial charge < -0.3 is 15.5 Å². The molecule has 0 radical (unpaired) electrons. The maximum absolute atomic E-state index is 13.0. The van der Waals surface area contributed by atoms with Gasteiger partial charge in [-0.2, -0.15) is 10.2 Å². The molecule has 3 aromatic rings. The van der Waals surface area contributed by atoms with Crippen LogP contribution in [0.3, 0.4) is 0 Å². The number of para-hydroxylation sites is 1. The van der Waals surface area contributed by atoms with E-state index in [9.17, 15) is 9.59 Å². The number of nitrogens with zero attached hydrogens (tertiary/aromatic N) is 6. The van der Waals surface area contributed by atoms with E-state index >= 15 is 0 Å². The van der Waals surface area contributed by atoms with Crippen molar-refractivity contribution in [2.75, 3.05) is 18.4 Å². The summed E-state index contributed by atoms with van der Waals surface area (Å²) in [5.74, 6) is 0.638. The van der Waals surface area contributed by atoms with Gasteiger partial charge in [0, 0.05) is 44.0 Å². The number of urea groups is 1. The minimum atomic E-state index is -0.353. The topological polar surface area (TPSA) is 110 Å². The highest BCUT2D eigenvalue weighted by atomic mass is 16.2. The van der Waals surface area contributed by atoms with E-state index in [1.165, 1.54) is 6.33 Å². The normalized spacial score (nSPS) is 22.4. The van der Waals surface area contributed by atoms with Gasteiger partial charge in [-0.1, -0.05) is 18.2 Å². The number of hydrogen-bond donors (Lipinski definition) is 2. The van der Waals surface area contributed by atoms with Crippen molar-refractivity contribution in [1.29, 1.82) is 0 Å². The second-order valence-electron chi connectivity index (χ2n) is 8.20. The summed E-state index contributed by atoms with van der Waals surface area (Å²) >= 11 is 0. The third kappa shape index (κ3) is 3.54. The number of anilines is 1. The summed E-state index contributed by atoms with van der Waals surface area (Å²) in [5.41, 5.74) is 0.844. The van der Waals surface area contributed by atoms with Crippen LogP contribution in [0.25, 0.3) is 0 Å². The zero-order valence-corrected chi connectivity index (χ0v) is 17.2. The number of carbonyl (C=O) groups excluding carboxylic acids is 2. The molecule has 0 bridgehead atoms. The van der Waals surface area contributed by atoms with Gasteiger partial charge in [-0.05, 0) is 31.0 Å². The van der Waals surface area contributed by atoms with Gasteiger partial charge in [-0.3, -0.25) is 9.48 Å². The third-order valence-electron chi connectivity index (χ3n) is 6.25. The van der Waals surface area contributed by atoms with E-state index in [1.807, 2.05) is 39.9 Å². The lowest BCUT2D eigenvalue weighted by molar-refractivity contribution is 0.0728. The highest BCUT2D eigenvalue weighted by molar-refractivity contribution is 5.92. The van der Waals surface area contributed by atoms with Crippen LogP contribution in [-0.2, 0) is 13.6 Å². The van der Waals surface area contributed by atoms with Crippen molar-refractivity contribution < 1.29 is 9.59 Å². The van der Waals surface area contributed by atoms with Crippen LogP contribution in [0.1, 0.15) is 35.2 Å². The number of likely N-dealkylation sites (tertiary alicyclic amines) is 1. The number of hydrogen-bond acceptors (Lipinski definition) is 5. The Balaban J connectivity index is 1.38. The number of fused-ring (bicyclic) bond motifs is 1. The van der Waals surface area contributed by atoms with Crippen LogP contribution in [0.5, 0.6) is 0 Å². The Hall–Kier alpha value is -3.69. The molecule has 1 aromatic carbocycles. The van der Waals surface area contributed by atoms with Crippen LogP contribution in [0.4, 0.5) is 10.5 Å². The molecule has 160 valence electrons. The fraction of sp³-hybridized carbons (Fsp3) is 0.381. The number of aromatic nitrogens is 5. The molecule has 31 heavy (non-hydrogen) atoms. The first-order chi connectivity index (χ1) is 15.0. The SMILES string of the molecule is Cn1ccc(C(=O)N2CCC3(CCn4ncnc4C3NC(=O)Nc3ccccc3)C2)n1. The number of aryl methyl sites for hydroxylation is 2. The van der Waals surface area contributed by atoms with Gasteiger partial charge in [-0.25, -0.2) is 14.5 Å². The van der Waals surface area contributed by atoms with E-state index in [4.69, 9.17) is 0 Å². The van der Waals surface area contributed by atoms with E-state index in [-0.39, 0.29) is 23.4 Å². The van der Waals surface area contributed by atoms with Crippen LogP contribution in [0, 0.1) is 5.41 Å². The summed E-state index contributed by atoms with van der Waals surface area (Å²) < 4.78 is 3.46. The van der Waals surface area contributed by atoms with E-state index in [2.05, 4.69) is 25.8 Å². The average molecular weight is 420 g/mol. The van der Waals surface area contributed by atoms with Crippen LogP contribution in [0.15, 0.2) is 48.9 Å². The molecule has 2 aliphatic rings. The number of amides is 3. The summed E-state index contributed by atoms with van der Waals surface area (Å²) in [7, 11) is 1.79. The molecule has 0 saturated carbocycles. The second-order valence-corrected chi connectivity index (χ2v) is 8.20. The van der Waals surface area contributed by atoms with E-state index in [0.29, 0.717) is 31.0 Å². The van der Waals surface area contributed by atoms with Crippen LogP contribution >= 0.6 is 0 Å². The highest BCUT2D eigenvalue weighted by Gasteiger charge is 2.51. The predicted octanol–water partition coefficient (Wildman–Crippen LogP) is 1.81. The van der Waals surface area contributed by atoms with Crippen molar-refractivity contribution in [2.45, 2.75) is 25.4 Å². The number of carbonyl (C=O) groups is 2. The first-order valence-electron chi connectivity index (χ1n) is 10.3. The van der Waals surface area contributed by atoms with Crippen molar-refractivity contribution in [2.24, 2.45) is 12.5 Å². The molecule has 1 saturated heterocycles. The maximum atomic E-state index is 13.0. The van der Waals surface area contributed by atoms with Gasteiger partial charge in [0.15, 0.2) is 0 Å². The fourth-order valence-electron chi connectivity index (χ4n) is 4.65. The standard InChI is InChI=1S/C21H24N8O2/c1-27-10-7-16(26-27)19(30)28-11-8-21(13-28)9-12-29-18(22-14-23-29)17(21)25-20(31)24-15-5-3-2-4-6-15/h2-7,10,14,17H,8-9,11-13H2,1H3,(H2,24,25,31). The van der Waals surface area contributed by atoms with Crippen molar-refractivity contribution in [3.05, 3.63) is 60.4 Å². The van der Waals surface area contributed by atoms with E-state index in [0.717, 1.165) is 18.7 Å². The highest BCUT2D eigenvalue weighted by Crippen LogP contribution is 2.47. The quantitative estimate of drug-likeness (QED) is 0.672. The molecule has 3 amide bonds. The monoisotopic (exact) mass is 420 g/mol. The molecule has 2 N–H and O–H groups in total. The first-order valence-corrected chi connectivity index (χ1v) is 10.3. The molecule has 2 atom stereocenters. The van der Waals surface area contributed by atoms with E-state index < -0.39 is 0 Å². The molecule has 2 unspecified atom stereocenters. The average Bonchev–Trinajstić information content (AvgIpc) is 3.51. The summed E-state index contributed by atoms with van der Waals surface area (Å²) in [5, 5.41) is 14.5. The molecule has 2 aromatic heterocycles. The lowest BCUT2D eigenvalue weighted by atomic mass is 9.74. The third-order valence-corrected chi connectivity index (χ3v) is 6.25. The van der Waals surface area contributed by atoms with Crippen molar-refractivity contribution in [3.63, 3.8) is 0 Å². The Morgan fingerprint density at radius 1 is 1.13 bits per heavy atom. The summed E-state index contributed by atoms with van der Waals surface area (Å²) in [6.07, 6.45) is 4.85. The molecule has 1 fully saturated rings. The molecule has 0 aliphatic carbocycles. The molecule has 4 heterocycles. The largest absolute Gasteiger partial charge is 0.337 e. The minimum absolute atomic E-state index is 0.0861. The second kappa shape index (κ2) is 7.53. The first kappa shape index (κ1) is 19.3. The predicted molar refractivity (Wildman–Crippen MR) is 112 cm³/mol. The number of rotatable bonds is 3. The zero-order valence-electron chi connectivity index (χ0n) is 17.2. The van der Waals surface area contributed by atoms with Crippen molar-refractivity contribution in [1.82, 2.24) is 34.8 Å². The maximum Gasteiger partial charge on any atom is 0.319 e. The minimum Gasteiger partial charge on any atom is -0.337 e. The molecule has 10 heteroatoms. The van der Waals surface area contributed by atoms with Gasteiger partial charge in [0.2, 0.25) is 0 Å². The molecule has 10 nitrogen and oxygen atoms in total. The van der Waals surface area contributed by atoms with Gasteiger partial charge >= 0.3 is 6.03 Å².